The minimum absolute atomic E-state index is 0.00574. The average Bonchev–Trinajstić information content (AvgIpc) is 2.21. The summed E-state index contributed by atoms with van der Waals surface area (Å²) in [5, 5.41) is 2.83. The summed E-state index contributed by atoms with van der Waals surface area (Å²) in [4.78, 5) is 11.6. The van der Waals surface area contributed by atoms with Crippen molar-refractivity contribution in [3.8, 4) is 0 Å². The van der Waals surface area contributed by atoms with Crippen LogP contribution in [0.2, 0.25) is 0 Å². The van der Waals surface area contributed by atoms with Gasteiger partial charge in [0.05, 0.1) is 17.1 Å². The molecule has 17 heavy (non-hydrogen) atoms. The van der Waals surface area contributed by atoms with Gasteiger partial charge in [-0.05, 0) is 36.3 Å². The number of benzene rings is 1. The number of rotatable bonds is 5. The maximum atomic E-state index is 11.6. The molecule has 0 bridgehead atoms. The van der Waals surface area contributed by atoms with Crippen molar-refractivity contribution >= 4 is 29.0 Å². The second kappa shape index (κ2) is 6.55. The highest BCUT2D eigenvalue weighted by molar-refractivity contribution is 7.99. The molecule has 0 heterocycles. The Hall–Kier alpha value is -1.16. The van der Waals surface area contributed by atoms with Crippen LogP contribution in [0.25, 0.3) is 0 Å². The van der Waals surface area contributed by atoms with E-state index in [1.165, 1.54) is 0 Å². The van der Waals surface area contributed by atoms with Crippen molar-refractivity contribution in [3.63, 3.8) is 0 Å². The molecule has 1 aromatic carbocycles. The van der Waals surface area contributed by atoms with Gasteiger partial charge in [0.25, 0.3) is 0 Å². The van der Waals surface area contributed by atoms with Crippen molar-refractivity contribution < 1.29 is 4.79 Å². The Morgan fingerprint density at radius 2 is 2.18 bits per heavy atom. The van der Waals surface area contributed by atoms with E-state index in [-0.39, 0.29) is 5.91 Å². The predicted molar refractivity (Wildman–Crippen MR) is 76.4 cm³/mol. The summed E-state index contributed by atoms with van der Waals surface area (Å²) in [6.07, 6.45) is 0. The van der Waals surface area contributed by atoms with Crippen LogP contribution in [0.5, 0.6) is 0 Å². The first-order valence-corrected chi connectivity index (χ1v) is 6.88. The van der Waals surface area contributed by atoms with E-state index < -0.39 is 0 Å². The fourth-order valence-corrected chi connectivity index (χ4v) is 2.22. The number of hydrogen-bond acceptors (Lipinski definition) is 3. The van der Waals surface area contributed by atoms with E-state index in [0.29, 0.717) is 23.0 Å². The predicted octanol–water partition coefficient (Wildman–Crippen LogP) is 2.90. The van der Waals surface area contributed by atoms with Gasteiger partial charge in [-0.15, -0.1) is 0 Å². The average molecular weight is 252 g/mol. The summed E-state index contributed by atoms with van der Waals surface area (Å²) in [6, 6.07) is 5.64. The topological polar surface area (TPSA) is 55.1 Å². The Labute approximate surface area is 107 Å². The lowest BCUT2D eigenvalue weighted by atomic mass is 10.2. The smallest absolute Gasteiger partial charge is 0.234 e. The molecule has 0 unspecified atom stereocenters. The van der Waals surface area contributed by atoms with Gasteiger partial charge in [-0.1, -0.05) is 19.9 Å². The Balaban J connectivity index is 2.45. The van der Waals surface area contributed by atoms with Crippen molar-refractivity contribution in [2.75, 3.05) is 22.6 Å². The SMILES string of the molecule is Cc1ccc(NC(=O)CSCC(C)C)c(N)c1. The Morgan fingerprint density at radius 3 is 2.76 bits per heavy atom. The van der Waals surface area contributed by atoms with Crippen molar-refractivity contribution in [2.45, 2.75) is 20.8 Å². The van der Waals surface area contributed by atoms with Gasteiger partial charge < -0.3 is 11.1 Å². The monoisotopic (exact) mass is 252 g/mol. The van der Waals surface area contributed by atoms with Crippen LogP contribution in [-0.2, 0) is 4.79 Å². The number of nitrogen functional groups attached to an aromatic ring is 1. The molecule has 94 valence electrons. The first-order valence-electron chi connectivity index (χ1n) is 5.72. The van der Waals surface area contributed by atoms with Crippen LogP contribution in [0.4, 0.5) is 11.4 Å². The second-order valence-electron chi connectivity index (χ2n) is 4.55. The lowest BCUT2D eigenvalue weighted by Gasteiger charge is -2.09. The van der Waals surface area contributed by atoms with Gasteiger partial charge in [0, 0.05) is 0 Å². The number of carbonyl (C=O) groups excluding carboxylic acids is 1. The maximum Gasteiger partial charge on any atom is 0.234 e. The van der Waals surface area contributed by atoms with E-state index in [0.717, 1.165) is 11.3 Å². The third kappa shape index (κ3) is 5.13. The summed E-state index contributed by atoms with van der Waals surface area (Å²) >= 11 is 1.64. The summed E-state index contributed by atoms with van der Waals surface area (Å²) in [6.45, 7) is 6.26. The van der Waals surface area contributed by atoms with Gasteiger partial charge in [0.15, 0.2) is 0 Å². The molecule has 0 aliphatic heterocycles. The van der Waals surface area contributed by atoms with Crippen molar-refractivity contribution in [2.24, 2.45) is 5.92 Å². The maximum absolute atomic E-state index is 11.6. The number of carbonyl (C=O) groups is 1. The molecule has 1 aromatic rings. The van der Waals surface area contributed by atoms with E-state index in [1.54, 1.807) is 11.8 Å². The third-order valence-corrected chi connectivity index (χ3v) is 3.53. The zero-order valence-electron chi connectivity index (χ0n) is 10.6. The molecule has 0 saturated carbocycles. The molecule has 0 spiro atoms. The summed E-state index contributed by atoms with van der Waals surface area (Å²) in [7, 11) is 0. The van der Waals surface area contributed by atoms with Crippen LogP contribution in [0.3, 0.4) is 0 Å². The molecule has 0 saturated heterocycles. The van der Waals surface area contributed by atoms with E-state index in [1.807, 2.05) is 25.1 Å². The molecule has 1 rings (SSSR count). The van der Waals surface area contributed by atoms with E-state index >= 15 is 0 Å². The Morgan fingerprint density at radius 1 is 1.47 bits per heavy atom. The first-order chi connectivity index (χ1) is 7.99. The lowest BCUT2D eigenvalue weighted by Crippen LogP contribution is -2.16. The molecule has 3 nitrogen and oxygen atoms in total. The van der Waals surface area contributed by atoms with Crippen LogP contribution >= 0.6 is 11.8 Å². The fraction of sp³-hybridized carbons (Fsp3) is 0.462. The van der Waals surface area contributed by atoms with Crippen molar-refractivity contribution in [1.82, 2.24) is 0 Å². The number of hydrogen-bond donors (Lipinski definition) is 2. The number of thioether (sulfide) groups is 1. The largest absolute Gasteiger partial charge is 0.397 e. The van der Waals surface area contributed by atoms with Crippen LogP contribution in [0, 0.1) is 12.8 Å². The Bertz CT molecular complexity index is 391. The number of nitrogens with one attached hydrogen (secondary N) is 1. The van der Waals surface area contributed by atoms with E-state index in [9.17, 15) is 4.79 Å². The second-order valence-corrected chi connectivity index (χ2v) is 5.58. The highest BCUT2D eigenvalue weighted by Gasteiger charge is 2.06. The highest BCUT2D eigenvalue weighted by atomic mass is 32.2. The standard InChI is InChI=1S/C13H20N2OS/c1-9(2)7-17-8-13(16)15-12-5-4-10(3)6-11(12)14/h4-6,9H,7-8,14H2,1-3H3,(H,15,16). The molecule has 0 fully saturated rings. The van der Waals surface area contributed by atoms with Crippen LogP contribution in [-0.4, -0.2) is 17.4 Å². The highest BCUT2D eigenvalue weighted by Crippen LogP contribution is 2.19. The van der Waals surface area contributed by atoms with Crippen LogP contribution < -0.4 is 11.1 Å². The molecular formula is C13H20N2OS. The van der Waals surface area contributed by atoms with Gasteiger partial charge in [-0.25, -0.2) is 0 Å². The van der Waals surface area contributed by atoms with E-state index in [4.69, 9.17) is 5.73 Å². The fourth-order valence-electron chi connectivity index (χ4n) is 1.37. The molecule has 0 atom stereocenters. The van der Waals surface area contributed by atoms with Crippen LogP contribution in [0.1, 0.15) is 19.4 Å². The van der Waals surface area contributed by atoms with Gasteiger partial charge in [0.2, 0.25) is 5.91 Å². The number of nitrogens with two attached hydrogens (primary N) is 1. The zero-order chi connectivity index (χ0) is 12.8. The van der Waals surface area contributed by atoms with Crippen molar-refractivity contribution in [1.29, 1.82) is 0 Å². The number of anilines is 2. The van der Waals surface area contributed by atoms with Crippen molar-refractivity contribution in [3.05, 3.63) is 23.8 Å². The normalized spacial score (nSPS) is 10.6. The first kappa shape index (κ1) is 13.9. The minimum Gasteiger partial charge on any atom is -0.397 e. The molecule has 0 aromatic heterocycles. The summed E-state index contributed by atoms with van der Waals surface area (Å²) in [5.41, 5.74) is 8.23. The number of aryl methyl sites for hydroxylation is 1. The Kier molecular flexibility index (Phi) is 5.35. The van der Waals surface area contributed by atoms with Gasteiger partial charge in [0.1, 0.15) is 0 Å². The van der Waals surface area contributed by atoms with E-state index in [2.05, 4.69) is 19.2 Å². The summed E-state index contributed by atoms with van der Waals surface area (Å²) < 4.78 is 0. The van der Waals surface area contributed by atoms with Gasteiger partial charge in [-0.2, -0.15) is 11.8 Å². The van der Waals surface area contributed by atoms with Gasteiger partial charge in [-0.3, -0.25) is 4.79 Å². The molecule has 0 aliphatic rings. The van der Waals surface area contributed by atoms with Crippen LogP contribution in [0.15, 0.2) is 18.2 Å². The molecule has 3 N–H and O–H groups in total. The van der Waals surface area contributed by atoms with Gasteiger partial charge >= 0.3 is 0 Å². The molecule has 0 radical (unpaired) electrons. The molecule has 4 heteroatoms. The minimum atomic E-state index is 0.00574. The quantitative estimate of drug-likeness (QED) is 0.792. The third-order valence-electron chi connectivity index (χ3n) is 2.17. The number of amides is 1. The lowest BCUT2D eigenvalue weighted by molar-refractivity contribution is -0.113. The zero-order valence-corrected chi connectivity index (χ0v) is 11.4. The summed E-state index contributed by atoms with van der Waals surface area (Å²) in [5.74, 6) is 2.09. The molecule has 0 aliphatic carbocycles. The molecule has 1 amide bonds. The molecular weight excluding hydrogens is 232 g/mol.